The van der Waals surface area contributed by atoms with Crippen LogP contribution in [-0.2, 0) is 0 Å². The number of quaternary nitrogens is 2. The van der Waals surface area contributed by atoms with E-state index in [1.165, 1.54) is 0 Å². The van der Waals surface area contributed by atoms with Crippen LogP contribution < -0.4 is 35.7 Å². The molecular formula is C5H10Cl2N8. The first-order valence-corrected chi connectivity index (χ1v) is 3.80. The maximum absolute atomic E-state index is 3.67. The molecule has 2 rings (SSSR count). The van der Waals surface area contributed by atoms with E-state index in [0.717, 1.165) is 6.67 Å². The molecule has 0 aliphatic carbocycles. The number of nitrogens with two attached hydrogens (primary N) is 2. The molecule has 2 heterocycles. The molecule has 0 fully saturated rings. The van der Waals surface area contributed by atoms with E-state index in [1.54, 1.807) is 34.7 Å². The minimum Gasteiger partial charge on any atom is -1.00 e. The lowest BCUT2D eigenvalue weighted by Crippen LogP contribution is -3.08. The van der Waals surface area contributed by atoms with Gasteiger partial charge in [0, 0.05) is 0 Å². The van der Waals surface area contributed by atoms with Gasteiger partial charge in [-0.1, -0.05) is 0 Å². The second kappa shape index (κ2) is 7.12. The van der Waals surface area contributed by atoms with Crippen molar-refractivity contribution >= 4 is 0 Å². The van der Waals surface area contributed by atoms with Gasteiger partial charge in [-0.15, -0.1) is 20.4 Å². The van der Waals surface area contributed by atoms with E-state index in [0.29, 0.717) is 0 Å². The summed E-state index contributed by atoms with van der Waals surface area (Å²) in [5.41, 5.74) is 3.89. The summed E-state index contributed by atoms with van der Waals surface area (Å²) in [5.74, 6) is 0. The maximum Gasteiger partial charge on any atom is 0.246 e. The molecule has 0 atom stereocenters. The SMILES string of the molecule is [Cl-].[Cl-].c1nncn1[NH2+]C[NH2+]n1cnnc1. The topological polar surface area (TPSA) is 94.6 Å². The third-order valence-corrected chi connectivity index (χ3v) is 1.51. The Kier molecular flexibility index (Phi) is 6.54. The molecule has 2 aromatic rings. The predicted octanol–water partition coefficient (Wildman–Crippen LogP) is -9.81. The zero-order valence-electron chi connectivity index (χ0n) is 7.61. The molecule has 0 amide bonds. The van der Waals surface area contributed by atoms with E-state index in [-0.39, 0.29) is 24.8 Å². The van der Waals surface area contributed by atoms with Crippen molar-refractivity contribution in [3.63, 3.8) is 0 Å². The molecule has 8 nitrogen and oxygen atoms in total. The van der Waals surface area contributed by atoms with Crippen LogP contribution in [0, 0.1) is 0 Å². The van der Waals surface area contributed by atoms with Gasteiger partial charge < -0.3 is 24.8 Å². The molecule has 0 saturated heterocycles. The zero-order chi connectivity index (χ0) is 8.93. The monoisotopic (exact) mass is 252 g/mol. The van der Waals surface area contributed by atoms with E-state index in [2.05, 4.69) is 20.4 Å². The van der Waals surface area contributed by atoms with Crippen molar-refractivity contribution in [2.24, 2.45) is 0 Å². The Bertz CT molecular complexity index is 298. The molecule has 2 aromatic heterocycles. The standard InChI is InChI=1S/C5H8N8.2ClH/c1(10-12-2-6-7-3-12)11-13-4-8-9-5-13;;/h2-5,10-11H,1H2;2*1H. The number of aromatic nitrogens is 6. The lowest BCUT2D eigenvalue weighted by molar-refractivity contribution is -0.905. The van der Waals surface area contributed by atoms with Crippen molar-refractivity contribution in [1.29, 1.82) is 0 Å². The van der Waals surface area contributed by atoms with Crippen LogP contribution in [0.2, 0.25) is 0 Å². The van der Waals surface area contributed by atoms with Gasteiger partial charge in [0.2, 0.25) is 6.67 Å². The number of hydrogen-bond acceptors (Lipinski definition) is 4. The number of halogens is 2. The summed E-state index contributed by atoms with van der Waals surface area (Å²) < 4.78 is 3.59. The summed E-state index contributed by atoms with van der Waals surface area (Å²) in [4.78, 5) is 0. The summed E-state index contributed by atoms with van der Waals surface area (Å²) >= 11 is 0. The molecular weight excluding hydrogens is 243 g/mol. The summed E-state index contributed by atoms with van der Waals surface area (Å²) in [6.45, 7) is 0.774. The van der Waals surface area contributed by atoms with Crippen LogP contribution >= 0.6 is 0 Å². The zero-order valence-corrected chi connectivity index (χ0v) is 9.12. The normalized spacial score (nSPS) is 9.07. The minimum absolute atomic E-state index is 0. The lowest BCUT2D eigenvalue weighted by atomic mass is 11.1. The number of rotatable bonds is 4. The molecule has 10 heteroatoms. The second-order valence-corrected chi connectivity index (χ2v) is 2.42. The fourth-order valence-corrected chi connectivity index (χ4v) is 0.897. The smallest absolute Gasteiger partial charge is 0.246 e. The molecule has 0 unspecified atom stereocenters. The highest BCUT2D eigenvalue weighted by atomic mass is 35.5. The van der Waals surface area contributed by atoms with Crippen molar-refractivity contribution < 1.29 is 35.7 Å². The van der Waals surface area contributed by atoms with Crippen LogP contribution in [0.15, 0.2) is 25.3 Å². The Morgan fingerprint density at radius 2 is 1.07 bits per heavy atom. The van der Waals surface area contributed by atoms with Gasteiger partial charge in [-0.05, 0) is 0 Å². The van der Waals surface area contributed by atoms with Crippen LogP contribution in [0.1, 0.15) is 0 Å². The lowest BCUT2D eigenvalue weighted by Gasteiger charge is -1.98. The van der Waals surface area contributed by atoms with Crippen molar-refractivity contribution in [2.45, 2.75) is 0 Å². The van der Waals surface area contributed by atoms with E-state index in [4.69, 9.17) is 0 Å². The largest absolute Gasteiger partial charge is 1.00 e. The van der Waals surface area contributed by atoms with Crippen LogP contribution in [-0.4, -0.2) is 36.4 Å². The Morgan fingerprint density at radius 3 is 1.40 bits per heavy atom. The maximum atomic E-state index is 3.67. The molecule has 0 aliphatic heterocycles. The first-order chi connectivity index (χ1) is 6.45. The van der Waals surface area contributed by atoms with Gasteiger partial charge in [0.25, 0.3) is 0 Å². The average molecular weight is 253 g/mol. The Balaban J connectivity index is 0.000000980. The van der Waals surface area contributed by atoms with Gasteiger partial charge in [-0.2, -0.15) is 20.2 Å². The first-order valence-electron chi connectivity index (χ1n) is 3.80. The second-order valence-electron chi connectivity index (χ2n) is 2.42. The van der Waals surface area contributed by atoms with Gasteiger partial charge in [0.1, 0.15) is 0 Å². The summed E-state index contributed by atoms with van der Waals surface area (Å²) in [6.07, 6.45) is 6.56. The highest BCUT2D eigenvalue weighted by molar-refractivity contribution is 4.49. The molecule has 84 valence electrons. The molecule has 0 saturated carbocycles. The first kappa shape index (κ1) is 13.8. The summed E-state index contributed by atoms with van der Waals surface area (Å²) in [7, 11) is 0. The van der Waals surface area contributed by atoms with Crippen molar-refractivity contribution in [3.05, 3.63) is 25.3 Å². The van der Waals surface area contributed by atoms with Crippen LogP contribution in [0.4, 0.5) is 0 Å². The number of nitrogens with zero attached hydrogens (tertiary/aromatic N) is 6. The van der Waals surface area contributed by atoms with E-state index in [1.807, 2.05) is 10.9 Å². The molecule has 0 radical (unpaired) electrons. The minimum atomic E-state index is 0. The van der Waals surface area contributed by atoms with E-state index < -0.39 is 0 Å². The Morgan fingerprint density at radius 1 is 0.733 bits per heavy atom. The van der Waals surface area contributed by atoms with Crippen molar-refractivity contribution in [3.8, 4) is 0 Å². The third-order valence-electron chi connectivity index (χ3n) is 1.51. The van der Waals surface area contributed by atoms with Gasteiger partial charge in [-0.25, -0.2) is 0 Å². The highest BCUT2D eigenvalue weighted by Crippen LogP contribution is 1.63. The Hall–Kier alpha value is -1.22. The summed E-state index contributed by atoms with van der Waals surface area (Å²) in [6, 6.07) is 0. The van der Waals surface area contributed by atoms with E-state index >= 15 is 0 Å². The van der Waals surface area contributed by atoms with E-state index in [9.17, 15) is 0 Å². The van der Waals surface area contributed by atoms with Crippen molar-refractivity contribution in [2.75, 3.05) is 6.67 Å². The Labute approximate surface area is 97.9 Å². The molecule has 0 bridgehead atoms. The average Bonchev–Trinajstić information content (AvgIpc) is 2.75. The van der Waals surface area contributed by atoms with Gasteiger partial charge in [-0.3, -0.25) is 0 Å². The fraction of sp³-hybridized carbons (Fsp3) is 0.200. The number of hydrogen-bond donors (Lipinski definition) is 2. The van der Waals surface area contributed by atoms with Crippen LogP contribution in [0.3, 0.4) is 0 Å². The summed E-state index contributed by atoms with van der Waals surface area (Å²) in [5, 5.41) is 14.7. The molecule has 15 heavy (non-hydrogen) atoms. The molecule has 0 spiro atoms. The van der Waals surface area contributed by atoms with Crippen molar-refractivity contribution in [1.82, 2.24) is 29.7 Å². The molecule has 0 aromatic carbocycles. The van der Waals surface area contributed by atoms with Gasteiger partial charge in [0.05, 0.1) is 0 Å². The fourth-order valence-electron chi connectivity index (χ4n) is 0.897. The van der Waals surface area contributed by atoms with Crippen LogP contribution in [0.25, 0.3) is 0 Å². The predicted molar refractivity (Wildman–Crippen MR) is 39.6 cm³/mol. The quantitative estimate of drug-likeness (QED) is 0.418. The highest BCUT2D eigenvalue weighted by Gasteiger charge is 1.95. The van der Waals surface area contributed by atoms with Crippen LogP contribution in [0.5, 0.6) is 0 Å². The van der Waals surface area contributed by atoms with Gasteiger partial charge >= 0.3 is 0 Å². The molecule has 4 N–H and O–H groups in total. The molecule has 0 aliphatic rings. The van der Waals surface area contributed by atoms with Gasteiger partial charge in [0.15, 0.2) is 25.3 Å². The third kappa shape index (κ3) is 4.21.